The highest BCUT2D eigenvalue weighted by molar-refractivity contribution is 6.46. The maximum absolute atomic E-state index is 13.5. The maximum Gasteiger partial charge on any atom is 0.295 e. The minimum absolute atomic E-state index is 0.0366. The first-order chi connectivity index (χ1) is 19.2. The molecule has 0 spiro atoms. The number of hydrogen-bond acceptors (Lipinski definition) is 7. The maximum atomic E-state index is 13.5. The zero-order valence-corrected chi connectivity index (χ0v) is 23.4. The highest BCUT2D eigenvalue weighted by Crippen LogP contribution is 2.43. The number of carbonyl (C=O) groups is 2. The first kappa shape index (κ1) is 28.5. The molecule has 0 bridgehead atoms. The van der Waals surface area contributed by atoms with E-state index < -0.39 is 17.7 Å². The van der Waals surface area contributed by atoms with Gasteiger partial charge in [0, 0.05) is 12.1 Å². The van der Waals surface area contributed by atoms with E-state index in [-0.39, 0.29) is 35.3 Å². The van der Waals surface area contributed by atoms with Gasteiger partial charge in [0.25, 0.3) is 11.7 Å². The number of aliphatic hydroxyl groups excluding tert-OH is 1. The number of ether oxygens (including phenoxy) is 3. The van der Waals surface area contributed by atoms with Crippen LogP contribution in [0.3, 0.4) is 0 Å². The second-order valence-electron chi connectivity index (χ2n) is 9.78. The number of phenolic OH excluding ortho intramolecular Hbond substituents is 1. The van der Waals surface area contributed by atoms with Crippen LogP contribution in [0.1, 0.15) is 61.9 Å². The van der Waals surface area contributed by atoms with Gasteiger partial charge < -0.3 is 29.3 Å². The van der Waals surface area contributed by atoms with Crippen molar-refractivity contribution in [2.75, 3.05) is 20.3 Å². The lowest BCUT2D eigenvalue weighted by Crippen LogP contribution is -2.29. The lowest BCUT2D eigenvalue weighted by Gasteiger charge is -2.26. The number of hydrogen-bond donors (Lipinski definition) is 2. The number of rotatable bonds is 10. The highest BCUT2D eigenvalue weighted by atomic mass is 16.5. The lowest BCUT2D eigenvalue weighted by molar-refractivity contribution is -0.140. The second-order valence-corrected chi connectivity index (χ2v) is 9.78. The molecule has 8 nitrogen and oxygen atoms in total. The van der Waals surface area contributed by atoms with Crippen LogP contribution in [0, 0.1) is 0 Å². The van der Waals surface area contributed by atoms with Crippen molar-refractivity contribution in [3.05, 3.63) is 88.5 Å². The number of methoxy groups -OCH3 is 1. The Bertz CT molecular complexity index is 1430. The Balaban J connectivity index is 1.88. The first-order valence-electron chi connectivity index (χ1n) is 13.3. The van der Waals surface area contributed by atoms with E-state index in [2.05, 4.69) is 0 Å². The topological polar surface area (TPSA) is 106 Å². The fourth-order valence-corrected chi connectivity index (χ4v) is 4.88. The summed E-state index contributed by atoms with van der Waals surface area (Å²) in [6.07, 6.45) is 0. The van der Waals surface area contributed by atoms with Crippen LogP contribution in [0.25, 0.3) is 5.76 Å². The molecule has 0 radical (unpaired) electrons. The van der Waals surface area contributed by atoms with Crippen LogP contribution in [0.4, 0.5) is 0 Å². The number of aromatic hydroxyl groups is 1. The summed E-state index contributed by atoms with van der Waals surface area (Å²) in [5.74, 6) is -0.191. The number of Topliss-reactive ketones (excluding diaryl/α,β-unsaturated/α-hetero) is 1. The molecule has 40 heavy (non-hydrogen) atoms. The second kappa shape index (κ2) is 12.2. The van der Waals surface area contributed by atoms with Gasteiger partial charge in [0.2, 0.25) is 0 Å². The van der Waals surface area contributed by atoms with E-state index >= 15 is 0 Å². The molecule has 210 valence electrons. The Morgan fingerprint density at radius 2 is 1.60 bits per heavy atom. The van der Waals surface area contributed by atoms with Crippen LogP contribution < -0.4 is 14.2 Å². The summed E-state index contributed by atoms with van der Waals surface area (Å²) in [5.41, 5.74) is 2.54. The Hall–Kier alpha value is -4.46. The molecule has 0 aromatic heterocycles. The molecule has 1 saturated heterocycles. The smallest absolute Gasteiger partial charge is 0.295 e. The van der Waals surface area contributed by atoms with E-state index in [9.17, 15) is 19.8 Å². The monoisotopic (exact) mass is 545 g/mol. The van der Waals surface area contributed by atoms with Crippen LogP contribution in [0.15, 0.2) is 66.2 Å². The number of carbonyl (C=O) groups excluding carboxylic acids is 2. The Morgan fingerprint density at radius 3 is 2.23 bits per heavy atom. The highest BCUT2D eigenvalue weighted by Gasteiger charge is 2.46. The van der Waals surface area contributed by atoms with Gasteiger partial charge in [0.1, 0.15) is 17.3 Å². The van der Waals surface area contributed by atoms with Crippen LogP contribution in [-0.2, 0) is 16.1 Å². The van der Waals surface area contributed by atoms with Gasteiger partial charge in [-0.2, -0.15) is 0 Å². The van der Waals surface area contributed by atoms with Crippen molar-refractivity contribution in [3.8, 4) is 23.0 Å². The molecular formula is C32H35NO7. The Kier molecular flexibility index (Phi) is 8.67. The molecule has 8 heteroatoms. The number of ketones is 1. The minimum Gasteiger partial charge on any atom is -0.507 e. The number of amides is 1. The molecular weight excluding hydrogens is 510 g/mol. The molecule has 1 heterocycles. The summed E-state index contributed by atoms with van der Waals surface area (Å²) in [5, 5.41) is 21.9. The number of likely N-dealkylation sites (tertiary alicyclic amines) is 1. The van der Waals surface area contributed by atoms with Crippen molar-refractivity contribution >= 4 is 17.4 Å². The van der Waals surface area contributed by atoms with Gasteiger partial charge in [-0.25, -0.2) is 0 Å². The van der Waals surface area contributed by atoms with Gasteiger partial charge >= 0.3 is 0 Å². The van der Waals surface area contributed by atoms with Crippen LogP contribution in [-0.4, -0.2) is 47.1 Å². The molecule has 3 aromatic carbocycles. The van der Waals surface area contributed by atoms with Gasteiger partial charge in [0.05, 0.1) is 31.9 Å². The Morgan fingerprint density at radius 1 is 0.925 bits per heavy atom. The Labute approximate surface area is 234 Å². The summed E-state index contributed by atoms with van der Waals surface area (Å²) in [7, 11) is 1.57. The van der Waals surface area contributed by atoms with Crippen molar-refractivity contribution in [1.29, 1.82) is 0 Å². The zero-order chi connectivity index (χ0) is 29.0. The SMILES string of the molecule is CCOc1cc(C2/C(=C(\O)c3ccc(OCC)c(C(C)C)c3)C(=O)C(=O)N2Cc2ccc(OC)cc2)ccc1O. The molecule has 0 aliphatic carbocycles. The standard InChI is InChI=1S/C32H35NO7/c1-6-39-26-15-11-22(16-24(26)19(3)4)30(35)28-29(21-10-14-25(34)27(17-21)40-7-2)33(32(37)31(28)36)18-20-8-12-23(38-5)13-9-20/h8-17,19,29,34-35H,6-7,18H2,1-5H3/b30-28+. The van der Waals surface area contributed by atoms with Gasteiger partial charge in [-0.3, -0.25) is 9.59 Å². The summed E-state index contributed by atoms with van der Waals surface area (Å²) in [6, 6.07) is 16.2. The van der Waals surface area contributed by atoms with Crippen molar-refractivity contribution in [2.45, 2.75) is 46.2 Å². The van der Waals surface area contributed by atoms with Crippen LogP contribution in [0.5, 0.6) is 23.0 Å². The normalized spacial score (nSPS) is 16.4. The van der Waals surface area contributed by atoms with Crippen LogP contribution in [0.2, 0.25) is 0 Å². The largest absolute Gasteiger partial charge is 0.507 e. The summed E-state index contributed by atoms with van der Waals surface area (Å²) in [6.45, 7) is 8.64. The fourth-order valence-electron chi connectivity index (χ4n) is 4.88. The van der Waals surface area contributed by atoms with Gasteiger partial charge in [-0.15, -0.1) is 0 Å². The number of benzene rings is 3. The summed E-state index contributed by atoms with van der Waals surface area (Å²) < 4.78 is 16.6. The molecule has 2 N–H and O–H groups in total. The third kappa shape index (κ3) is 5.61. The van der Waals surface area contributed by atoms with Crippen molar-refractivity contribution in [1.82, 2.24) is 4.90 Å². The van der Waals surface area contributed by atoms with Crippen LogP contribution >= 0.6 is 0 Å². The molecule has 4 rings (SSSR count). The quantitative estimate of drug-likeness (QED) is 0.184. The number of phenols is 1. The zero-order valence-electron chi connectivity index (χ0n) is 23.4. The fraction of sp³-hybridized carbons (Fsp3) is 0.312. The van der Waals surface area contributed by atoms with Gasteiger partial charge in [-0.05, 0) is 78.9 Å². The van der Waals surface area contributed by atoms with Crippen molar-refractivity contribution in [3.63, 3.8) is 0 Å². The molecule has 1 aliphatic rings. The summed E-state index contributed by atoms with van der Waals surface area (Å²) in [4.78, 5) is 28.4. The third-order valence-electron chi connectivity index (χ3n) is 6.86. The predicted octanol–water partition coefficient (Wildman–Crippen LogP) is 5.94. The van der Waals surface area contributed by atoms with E-state index in [4.69, 9.17) is 14.2 Å². The first-order valence-corrected chi connectivity index (χ1v) is 13.3. The van der Waals surface area contributed by atoms with Gasteiger partial charge in [-0.1, -0.05) is 32.0 Å². The van der Waals surface area contributed by atoms with Gasteiger partial charge in [0.15, 0.2) is 11.5 Å². The average Bonchev–Trinajstić information content (AvgIpc) is 3.19. The minimum atomic E-state index is -0.920. The third-order valence-corrected chi connectivity index (χ3v) is 6.86. The molecule has 1 fully saturated rings. The van der Waals surface area contributed by atoms with E-state index in [0.29, 0.717) is 35.8 Å². The van der Waals surface area contributed by atoms with Crippen molar-refractivity contribution < 1.29 is 34.0 Å². The predicted molar refractivity (Wildman–Crippen MR) is 152 cm³/mol. The number of nitrogens with zero attached hydrogens (tertiary/aromatic N) is 1. The van der Waals surface area contributed by atoms with E-state index in [1.807, 2.05) is 32.9 Å². The molecule has 1 amide bonds. The number of aliphatic hydroxyl groups is 1. The molecule has 3 aromatic rings. The summed E-state index contributed by atoms with van der Waals surface area (Å²) >= 11 is 0. The van der Waals surface area contributed by atoms with Crippen molar-refractivity contribution in [2.24, 2.45) is 0 Å². The molecule has 1 atom stereocenters. The molecule has 1 aliphatic heterocycles. The molecule has 1 unspecified atom stereocenters. The van der Waals surface area contributed by atoms with E-state index in [0.717, 1.165) is 11.1 Å². The van der Waals surface area contributed by atoms with E-state index in [1.54, 1.807) is 56.5 Å². The lowest BCUT2D eigenvalue weighted by atomic mass is 9.93. The van der Waals surface area contributed by atoms with E-state index in [1.165, 1.54) is 11.0 Å². The molecule has 0 saturated carbocycles. The average molecular weight is 546 g/mol.